The minimum atomic E-state index is 0.0426. The molecule has 0 saturated carbocycles. The molecule has 1 heterocycles. The van der Waals surface area contributed by atoms with E-state index in [1.54, 1.807) is 19.2 Å². The Hall–Kier alpha value is -2.22. The molecule has 0 atom stereocenters. The van der Waals surface area contributed by atoms with E-state index in [1.807, 2.05) is 24.8 Å². The van der Waals surface area contributed by atoms with Crippen molar-refractivity contribution in [2.24, 2.45) is 5.92 Å². The summed E-state index contributed by atoms with van der Waals surface area (Å²) >= 11 is 0. The predicted molar refractivity (Wildman–Crippen MR) is 81.3 cm³/mol. The van der Waals surface area contributed by atoms with E-state index in [0.29, 0.717) is 11.3 Å². The van der Waals surface area contributed by atoms with Crippen molar-refractivity contribution >= 4 is 11.6 Å². The summed E-state index contributed by atoms with van der Waals surface area (Å²) in [6.45, 7) is 6.86. The molecule has 0 aromatic heterocycles. The number of hydrogen-bond donors (Lipinski definition) is 0. The molecule has 1 aromatic carbocycles. The number of anilines is 1. The molecule has 0 spiro atoms. The van der Waals surface area contributed by atoms with Gasteiger partial charge in [0.25, 0.3) is 0 Å². The number of hydrogen-bond acceptors (Lipinski definition) is 4. The molecule has 1 aliphatic rings. The molecular formula is C16H21N3O2. The summed E-state index contributed by atoms with van der Waals surface area (Å²) in [7, 11) is 1.61. The Labute approximate surface area is 125 Å². The van der Waals surface area contributed by atoms with E-state index < -0.39 is 0 Å². The van der Waals surface area contributed by atoms with Crippen LogP contribution >= 0.6 is 0 Å². The van der Waals surface area contributed by atoms with Gasteiger partial charge in [-0.15, -0.1) is 0 Å². The van der Waals surface area contributed by atoms with Gasteiger partial charge in [0.1, 0.15) is 5.75 Å². The third-order valence-corrected chi connectivity index (χ3v) is 3.73. The molecule has 0 bridgehead atoms. The molecule has 1 aliphatic heterocycles. The third-order valence-electron chi connectivity index (χ3n) is 3.73. The Bertz CT molecular complexity index is 555. The largest absolute Gasteiger partial charge is 0.495 e. The fourth-order valence-electron chi connectivity index (χ4n) is 2.54. The minimum absolute atomic E-state index is 0.0426. The molecule has 0 aliphatic carbocycles. The van der Waals surface area contributed by atoms with Crippen LogP contribution in [0.25, 0.3) is 0 Å². The summed E-state index contributed by atoms with van der Waals surface area (Å²) < 4.78 is 5.38. The van der Waals surface area contributed by atoms with E-state index in [4.69, 9.17) is 10.00 Å². The Kier molecular flexibility index (Phi) is 4.69. The average molecular weight is 287 g/mol. The molecule has 1 saturated heterocycles. The lowest BCUT2D eigenvalue weighted by molar-refractivity contribution is -0.134. The van der Waals surface area contributed by atoms with Gasteiger partial charge < -0.3 is 14.5 Å². The van der Waals surface area contributed by atoms with Gasteiger partial charge in [-0.05, 0) is 12.1 Å². The van der Waals surface area contributed by atoms with E-state index in [2.05, 4.69) is 11.0 Å². The highest BCUT2D eigenvalue weighted by Crippen LogP contribution is 2.30. The van der Waals surface area contributed by atoms with Gasteiger partial charge in [0.15, 0.2) is 0 Å². The molecule has 0 N–H and O–H groups in total. The first-order valence-electron chi connectivity index (χ1n) is 7.18. The Morgan fingerprint density at radius 1 is 1.29 bits per heavy atom. The highest BCUT2D eigenvalue weighted by molar-refractivity contribution is 5.78. The van der Waals surface area contributed by atoms with Crippen LogP contribution < -0.4 is 9.64 Å². The molecular weight excluding hydrogens is 266 g/mol. The number of ether oxygens (including phenoxy) is 1. The molecule has 1 fully saturated rings. The van der Waals surface area contributed by atoms with Crippen LogP contribution in [-0.2, 0) is 4.79 Å². The van der Waals surface area contributed by atoms with Crippen molar-refractivity contribution in [3.63, 3.8) is 0 Å². The maximum Gasteiger partial charge on any atom is 0.225 e. The van der Waals surface area contributed by atoms with Gasteiger partial charge in [-0.25, -0.2) is 0 Å². The zero-order valence-electron chi connectivity index (χ0n) is 12.8. The van der Waals surface area contributed by atoms with Crippen molar-refractivity contribution in [2.45, 2.75) is 13.8 Å². The summed E-state index contributed by atoms with van der Waals surface area (Å²) in [5.41, 5.74) is 1.57. The number of methoxy groups -OCH3 is 1. The lowest BCUT2D eigenvalue weighted by Gasteiger charge is -2.37. The zero-order valence-corrected chi connectivity index (χ0v) is 12.8. The topological polar surface area (TPSA) is 56.6 Å². The third kappa shape index (κ3) is 3.27. The van der Waals surface area contributed by atoms with Gasteiger partial charge in [0.05, 0.1) is 24.4 Å². The standard InChI is InChI=1S/C16H21N3O2/c1-12(2)16(20)19-8-6-18(7-9-19)14-5-4-13(11-17)10-15(14)21-3/h4-5,10,12H,6-9H2,1-3H3. The number of carbonyl (C=O) groups is 1. The molecule has 5 heteroatoms. The number of amides is 1. The van der Waals surface area contributed by atoms with Gasteiger partial charge in [-0.1, -0.05) is 13.8 Å². The maximum atomic E-state index is 12.0. The number of piperazine rings is 1. The lowest BCUT2D eigenvalue weighted by atomic mass is 10.1. The van der Waals surface area contributed by atoms with Crippen LogP contribution in [-0.4, -0.2) is 44.1 Å². The van der Waals surface area contributed by atoms with Gasteiger partial charge >= 0.3 is 0 Å². The Balaban J connectivity index is 2.09. The highest BCUT2D eigenvalue weighted by Gasteiger charge is 2.24. The molecule has 2 rings (SSSR count). The maximum absolute atomic E-state index is 12.0. The van der Waals surface area contributed by atoms with E-state index in [0.717, 1.165) is 31.9 Å². The van der Waals surface area contributed by atoms with Gasteiger partial charge in [0.2, 0.25) is 5.91 Å². The van der Waals surface area contributed by atoms with Crippen LogP contribution in [0.15, 0.2) is 18.2 Å². The summed E-state index contributed by atoms with van der Waals surface area (Å²) in [6, 6.07) is 7.57. The van der Waals surface area contributed by atoms with Gasteiger partial charge in [-0.3, -0.25) is 4.79 Å². The number of rotatable bonds is 3. The van der Waals surface area contributed by atoms with E-state index in [1.165, 1.54) is 0 Å². The fourth-order valence-corrected chi connectivity index (χ4v) is 2.54. The fraction of sp³-hybridized carbons (Fsp3) is 0.500. The number of nitriles is 1. The summed E-state index contributed by atoms with van der Waals surface area (Å²) in [4.78, 5) is 16.1. The Morgan fingerprint density at radius 3 is 2.48 bits per heavy atom. The van der Waals surface area contributed by atoms with Crippen LogP contribution in [0.1, 0.15) is 19.4 Å². The van der Waals surface area contributed by atoms with E-state index in [9.17, 15) is 4.79 Å². The van der Waals surface area contributed by atoms with Crippen molar-refractivity contribution < 1.29 is 9.53 Å². The molecule has 5 nitrogen and oxygen atoms in total. The monoisotopic (exact) mass is 287 g/mol. The zero-order chi connectivity index (χ0) is 15.4. The first-order chi connectivity index (χ1) is 10.1. The quantitative estimate of drug-likeness (QED) is 0.851. The van der Waals surface area contributed by atoms with Crippen LogP contribution in [0.2, 0.25) is 0 Å². The number of nitrogens with zero attached hydrogens (tertiary/aromatic N) is 3. The number of benzene rings is 1. The second-order valence-electron chi connectivity index (χ2n) is 5.47. The molecule has 21 heavy (non-hydrogen) atoms. The van der Waals surface area contributed by atoms with E-state index >= 15 is 0 Å². The first kappa shape index (κ1) is 15.2. The summed E-state index contributed by atoms with van der Waals surface area (Å²) in [6.07, 6.45) is 0. The minimum Gasteiger partial charge on any atom is -0.495 e. The number of carbonyl (C=O) groups excluding carboxylic acids is 1. The summed E-state index contributed by atoms with van der Waals surface area (Å²) in [5, 5.41) is 8.94. The lowest BCUT2D eigenvalue weighted by Crippen LogP contribution is -2.50. The molecule has 1 aromatic rings. The molecule has 0 unspecified atom stereocenters. The molecule has 0 radical (unpaired) electrons. The predicted octanol–water partition coefficient (Wildman–Crippen LogP) is 1.87. The normalized spacial score (nSPS) is 15.0. The van der Waals surface area contributed by atoms with Crippen LogP contribution in [0, 0.1) is 17.2 Å². The van der Waals surface area contributed by atoms with Crippen molar-refractivity contribution in [3.05, 3.63) is 23.8 Å². The van der Waals surface area contributed by atoms with Crippen molar-refractivity contribution in [1.29, 1.82) is 5.26 Å². The summed E-state index contributed by atoms with van der Waals surface area (Å²) in [5.74, 6) is 0.958. The van der Waals surface area contributed by atoms with E-state index in [-0.39, 0.29) is 11.8 Å². The first-order valence-corrected chi connectivity index (χ1v) is 7.18. The Morgan fingerprint density at radius 2 is 1.95 bits per heavy atom. The smallest absolute Gasteiger partial charge is 0.225 e. The molecule has 1 amide bonds. The van der Waals surface area contributed by atoms with Gasteiger partial charge in [-0.2, -0.15) is 5.26 Å². The van der Waals surface area contributed by atoms with Crippen molar-refractivity contribution in [3.8, 4) is 11.8 Å². The van der Waals surface area contributed by atoms with Crippen molar-refractivity contribution in [2.75, 3.05) is 38.2 Å². The molecule has 112 valence electrons. The SMILES string of the molecule is COc1cc(C#N)ccc1N1CCN(C(=O)C(C)C)CC1. The average Bonchev–Trinajstić information content (AvgIpc) is 2.53. The van der Waals surface area contributed by atoms with Crippen molar-refractivity contribution in [1.82, 2.24) is 4.90 Å². The second-order valence-corrected chi connectivity index (χ2v) is 5.47. The highest BCUT2D eigenvalue weighted by atomic mass is 16.5. The van der Waals surface area contributed by atoms with Crippen LogP contribution in [0.5, 0.6) is 5.75 Å². The van der Waals surface area contributed by atoms with Crippen LogP contribution in [0.4, 0.5) is 5.69 Å². The van der Waals surface area contributed by atoms with Crippen LogP contribution in [0.3, 0.4) is 0 Å². The van der Waals surface area contributed by atoms with Gasteiger partial charge in [0, 0.05) is 38.2 Å². The second kappa shape index (κ2) is 6.49.